The third-order valence-corrected chi connectivity index (χ3v) is 3.75. The second-order valence-corrected chi connectivity index (χ2v) is 5.62. The van der Waals surface area contributed by atoms with Crippen LogP contribution in [0.15, 0.2) is 67.0 Å². The Morgan fingerprint density at radius 3 is 2.18 bits per heavy atom. The first-order valence-corrected chi connectivity index (χ1v) is 7.42. The van der Waals surface area contributed by atoms with Gasteiger partial charge >= 0.3 is 0 Å². The minimum Gasteiger partial charge on any atom is -0.264 e. The lowest BCUT2D eigenvalue weighted by Crippen LogP contribution is -1.94. The average Bonchev–Trinajstić information content (AvgIpc) is 2.52. The lowest BCUT2D eigenvalue weighted by molar-refractivity contribution is 0.618. The van der Waals surface area contributed by atoms with E-state index in [1.165, 1.54) is 16.7 Å². The molecule has 0 aliphatic rings. The number of pyridine rings is 1. The van der Waals surface area contributed by atoms with E-state index in [2.05, 4.69) is 35.3 Å². The summed E-state index contributed by atoms with van der Waals surface area (Å²) in [5.74, 6) is -0.144. The number of benzene rings is 2. The van der Waals surface area contributed by atoms with Gasteiger partial charge in [-0.1, -0.05) is 42.5 Å². The van der Waals surface area contributed by atoms with Crippen LogP contribution in [0.2, 0.25) is 0 Å². The first kappa shape index (κ1) is 14.5. The first-order valence-electron chi connectivity index (χ1n) is 7.42. The Morgan fingerprint density at radius 2 is 1.50 bits per heavy atom. The molecule has 0 aliphatic carbocycles. The van der Waals surface area contributed by atoms with Crippen LogP contribution in [0.5, 0.6) is 0 Å². The van der Waals surface area contributed by atoms with E-state index in [1.807, 2.05) is 24.4 Å². The number of nitrogens with zero attached hydrogens (tertiary/aromatic N) is 1. The third kappa shape index (κ3) is 3.59. The quantitative estimate of drug-likeness (QED) is 0.678. The van der Waals surface area contributed by atoms with Crippen molar-refractivity contribution < 1.29 is 4.39 Å². The van der Waals surface area contributed by atoms with Crippen LogP contribution in [0.1, 0.15) is 27.8 Å². The maximum absolute atomic E-state index is 13.3. The second kappa shape index (κ2) is 6.52. The Hall–Kier alpha value is -2.48. The van der Waals surface area contributed by atoms with Gasteiger partial charge in [0.05, 0.1) is 0 Å². The summed E-state index contributed by atoms with van der Waals surface area (Å²) in [4.78, 5) is 4.15. The molecule has 2 aromatic carbocycles. The molecular formula is C20H18FN. The van der Waals surface area contributed by atoms with E-state index in [1.54, 1.807) is 19.2 Å². The molecule has 1 nitrogen and oxygen atoms in total. The molecule has 1 heterocycles. The molecule has 1 aromatic heterocycles. The normalized spacial score (nSPS) is 10.6. The molecule has 22 heavy (non-hydrogen) atoms. The summed E-state index contributed by atoms with van der Waals surface area (Å²) in [6.07, 6.45) is 5.39. The molecule has 0 amide bonds. The molecule has 110 valence electrons. The van der Waals surface area contributed by atoms with Gasteiger partial charge in [-0.3, -0.25) is 4.98 Å². The van der Waals surface area contributed by atoms with Crippen molar-refractivity contribution in [1.29, 1.82) is 0 Å². The van der Waals surface area contributed by atoms with Crippen molar-refractivity contribution in [3.63, 3.8) is 0 Å². The Balaban J connectivity index is 1.77. The fraction of sp³-hybridized carbons (Fsp3) is 0.150. The van der Waals surface area contributed by atoms with Crippen LogP contribution in [0.25, 0.3) is 0 Å². The summed E-state index contributed by atoms with van der Waals surface area (Å²) >= 11 is 0. The Labute approximate surface area is 130 Å². The summed E-state index contributed by atoms with van der Waals surface area (Å²) in [5, 5.41) is 0. The average molecular weight is 291 g/mol. The zero-order valence-corrected chi connectivity index (χ0v) is 12.6. The molecule has 2 heteroatoms. The van der Waals surface area contributed by atoms with E-state index in [-0.39, 0.29) is 5.82 Å². The van der Waals surface area contributed by atoms with E-state index < -0.39 is 0 Å². The zero-order chi connectivity index (χ0) is 15.4. The summed E-state index contributed by atoms with van der Waals surface area (Å²) in [5.41, 5.74) is 5.55. The molecular weight excluding hydrogens is 273 g/mol. The van der Waals surface area contributed by atoms with E-state index in [9.17, 15) is 4.39 Å². The minimum absolute atomic E-state index is 0.144. The molecule has 0 fully saturated rings. The Morgan fingerprint density at radius 1 is 0.818 bits per heavy atom. The number of hydrogen-bond donors (Lipinski definition) is 0. The largest absolute Gasteiger partial charge is 0.264 e. The molecule has 0 radical (unpaired) electrons. The molecule has 3 rings (SSSR count). The van der Waals surface area contributed by atoms with Crippen molar-refractivity contribution in [2.75, 3.05) is 0 Å². The highest BCUT2D eigenvalue weighted by Gasteiger charge is 2.02. The predicted octanol–water partition coefficient (Wildman–Crippen LogP) is 4.71. The van der Waals surface area contributed by atoms with Gasteiger partial charge in [0.15, 0.2) is 0 Å². The summed E-state index contributed by atoms with van der Waals surface area (Å²) in [7, 11) is 0. The van der Waals surface area contributed by atoms with Crippen molar-refractivity contribution in [3.8, 4) is 0 Å². The van der Waals surface area contributed by atoms with Crippen molar-refractivity contribution in [1.82, 2.24) is 4.98 Å². The van der Waals surface area contributed by atoms with Crippen LogP contribution in [-0.2, 0) is 12.8 Å². The van der Waals surface area contributed by atoms with Gasteiger partial charge in [0.25, 0.3) is 0 Å². The van der Waals surface area contributed by atoms with Crippen molar-refractivity contribution in [3.05, 3.63) is 101 Å². The van der Waals surface area contributed by atoms with Crippen LogP contribution in [0.3, 0.4) is 0 Å². The van der Waals surface area contributed by atoms with Gasteiger partial charge in [-0.2, -0.15) is 0 Å². The van der Waals surface area contributed by atoms with Crippen LogP contribution in [-0.4, -0.2) is 4.98 Å². The number of rotatable bonds is 4. The third-order valence-electron chi connectivity index (χ3n) is 3.75. The maximum atomic E-state index is 13.3. The molecule has 0 bridgehead atoms. The molecule has 0 aliphatic heterocycles. The highest BCUT2D eigenvalue weighted by molar-refractivity contribution is 5.33. The van der Waals surface area contributed by atoms with E-state index in [0.29, 0.717) is 5.56 Å². The van der Waals surface area contributed by atoms with Gasteiger partial charge in [0, 0.05) is 12.4 Å². The lowest BCUT2D eigenvalue weighted by Gasteiger charge is -2.07. The summed E-state index contributed by atoms with van der Waals surface area (Å²) in [6, 6.07) is 17.9. The molecule has 0 spiro atoms. The highest BCUT2D eigenvalue weighted by atomic mass is 19.1. The molecule has 0 unspecified atom stereocenters. The molecule has 0 N–H and O–H groups in total. The summed E-state index contributed by atoms with van der Waals surface area (Å²) < 4.78 is 13.3. The zero-order valence-electron chi connectivity index (χ0n) is 12.6. The predicted molar refractivity (Wildman–Crippen MR) is 87.4 cm³/mol. The number of aryl methyl sites for hydroxylation is 1. The fourth-order valence-electron chi connectivity index (χ4n) is 2.64. The second-order valence-electron chi connectivity index (χ2n) is 5.62. The number of hydrogen-bond acceptors (Lipinski definition) is 1. The van der Waals surface area contributed by atoms with E-state index in [4.69, 9.17) is 0 Å². The molecule has 0 atom stereocenters. The smallest absolute Gasteiger partial charge is 0.126 e. The van der Waals surface area contributed by atoms with Gasteiger partial charge in [0.1, 0.15) is 5.82 Å². The van der Waals surface area contributed by atoms with Crippen LogP contribution in [0, 0.1) is 12.7 Å². The molecule has 0 saturated heterocycles. The number of halogens is 1. The van der Waals surface area contributed by atoms with Gasteiger partial charge < -0.3 is 0 Å². The number of aromatic nitrogens is 1. The standard InChI is InChI=1S/C20H18FN/c1-15-10-18(7-8-20(15)21)12-16-4-2-5-17(11-16)13-19-6-3-9-22-14-19/h2-11,14H,12-13H2,1H3. The minimum atomic E-state index is -0.144. The van der Waals surface area contributed by atoms with Crippen molar-refractivity contribution >= 4 is 0 Å². The van der Waals surface area contributed by atoms with Crippen molar-refractivity contribution in [2.45, 2.75) is 19.8 Å². The molecule has 3 aromatic rings. The Bertz CT molecular complexity index is 766. The fourth-order valence-corrected chi connectivity index (χ4v) is 2.64. The highest BCUT2D eigenvalue weighted by Crippen LogP contribution is 2.16. The topological polar surface area (TPSA) is 12.9 Å². The van der Waals surface area contributed by atoms with Crippen molar-refractivity contribution in [2.24, 2.45) is 0 Å². The maximum Gasteiger partial charge on any atom is 0.126 e. The monoisotopic (exact) mass is 291 g/mol. The van der Waals surface area contributed by atoms with E-state index >= 15 is 0 Å². The Kier molecular flexibility index (Phi) is 4.29. The van der Waals surface area contributed by atoms with Crippen LogP contribution < -0.4 is 0 Å². The van der Waals surface area contributed by atoms with Gasteiger partial charge in [0.2, 0.25) is 0 Å². The lowest BCUT2D eigenvalue weighted by atomic mass is 9.99. The SMILES string of the molecule is Cc1cc(Cc2cccc(Cc3cccnc3)c2)ccc1F. The molecule has 0 saturated carbocycles. The van der Waals surface area contributed by atoms with Gasteiger partial charge in [-0.15, -0.1) is 0 Å². The van der Waals surface area contributed by atoms with E-state index in [0.717, 1.165) is 18.4 Å². The van der Waals surface area contributed by atoms with Gasteiger partial charge in [-0.05, 0) is 59.7 Å². The first-order chi connectivity index (χ1) is 10.7. The summed E-state index contributed by atoms with van der Waals surface area (Å²) in [6.45, 7) is 1.80. The van der Waals surface area contributed by atoms with Gasteiger partial charge in [-0.25, -0.2) is 4.39 Å². The van der Waals surface area contributed by atoms with Crippen LogP contribution in [0.4, 0.5) is 4.39 Å². The van der Waals surface area contributed by atoms with Crippen LogP contribution >= 0.6 is 0 Å².